The molecule has 17 heavy (non-hydrogen) atoms. The van der Waals surface area contributed by atoms with Crippen LogP contribution in [0.5, 0.6) is 0 Å². The van der Waals surface area contributed by atoms with Crippen LogP contribution in [-0.2, 0) is 0 Å². The summed E-state index contributed by atoms with van der Waals surface area (Å²) in [6.45, 7) is 5.57. The third-order valence-corrected chi connectivity index (χ3v) is 4.84. The predicted molar refractivity (Wildman–Crippen MR) is 71.0 cm³/mol. The van der Waals surface area contributed by atoms with Gasteiger partial charge in [-0.05, 0) is 38.8 Å². The molecule has 2 unspecified atom stereocenters. The van der Waals surface area contributed by atoms with Gasteiger partial charge in [0.05, 0.1) is 6.10 Å². The van der Waals surface area contributed by atoms with Crippen molar-refractivity contribution in [3.05, 3.63) is 0 Å². The topological polar surface area (TPSA) is 26.7 Å². The van der Waals surface area contributed by atoms with Crippen LogP contribution in [0, 0.1) is 11.8 Å². The third kappa shape index (κ3) is 3.21. The Morgan fingerprint density at radius 2 is 1.71 bits per heavy atom. The lowest BCUT2D eigenvalue weighted by molar-refractivity contribution is -0.0273. The van der Waals surface area contributed by atoms with Crippen molar-refractivity contribution in [3.63, 3.8) is 0 Å². The minimum atomic E-state index is -0.129. The number of rotatable bonds is 2. The molecule has 0 spiro atoms. The Bertz CT molecular complexity index is 238. The van der Waals surface area contributed by atoms with Gasteiger partial charge in [-0.3, -0.25) is 4.90 Å². The van der Waals surface area contributed by atoms with E-state index in [4.69, 9.17) is 0 Å². The average Bonchev–Trinajstić information content (AvgIpc) is 2.32. The van der Waals surface area contributed by atoms with Gasteiger partial charge >= 0.3 is 0 Å². The number of piperazine rings is 1. The van der Waals surface area contributed by atoms with E-state index in [0.29, 0.717) is 12.0 Å². The first-order chi connectivity index (χ1) is 8.08. The Morgan fingerprint density at radius 1 is 1.06 bits per heavy atom. The molecule has 0 radical (unpaired) electrons. The van der Waals surface area contributed by atoms with Crippen LogP contribution in [0.2, 0.25) is 0 Å². The Labute approximate surface area is 106 Å². The molecule has 0 aromatic heterocycles. The van der Waals surface area contributed by atoms with E-state index in [2.05, 4.69) is 30.8 Å². The first-order valence-electron chi connectivity index (χ1n) is 7.14. The molecular weight excluding hydrogens is 212 g/mol. The highest BCUT2D eigenvalue weighted by atomic mass is 16.3. The molecule has 1 heterocycles. The van der Waals surface area contributed by atoms with Crippen molar-refractivity contribution in [2.24, 2.45) is 11.8 Å². The molecule has 1 N–H and O–H groups in total. The molecule has 2 rings (SSSR count). The minimum absolute atomic E-state index is 0.129. The smallest absolute Gasteiger partial charge is 0.0735 e. The van der Waals surface area contributed by atoms with Gasteiger partial charge in [-0.25, -0.2) is 0 Å². The second-order valence-corrected chi connectivity index (χ2v) is 6.32. The van der Waals surface area contributed by atoms with Gasteiger partial charge in [0.1, 0.15) is 0 Å². The van der Waals surface area contributed by atoms with Gasteiger partial charge in [0, 0.05) is 25.7 Å². The molecule has 0 aromatic carbocycles. The van der Waals surface area contributed by atoms with Crippen molar-refractivity contribution >= 4 is 0 Å². The lowest BCUT2D eigenvalue weighted by atomic mass is 9.78. The maximum absolute atomic E-state index is 10.6. The van der Waals surface area contributed by atoms with Crippen LogP contribution in [0.4, 0.5) is 0 Å². The highest BCUT2D eigenvalue weighted by Gasteiger charge is 2.34. The van der Waals surface area contributed by atoms with Crippen LogP contribution in [0.3, 0.4) is 0 Å². The zero-order valence-electron chi connectivity index (χ0n) is 11.6. The molecular formula is C14H28N2O. The molecule has 1 aliphatic carbocycles. The maximum Gasteiger partial charge on any atom is 0.0735 e. The molecule has 2 atom stereocenters. The van der Waals surface area contributed by atoms with E-state index < -0.39 is 0 Å². The predicted octanol–water partition coefficient (Wildman–Crippen LogP) is 1.42. The van der Waals surface area contributed by atoms with Gasteiger partial charge in [-0.2, -0.15) is 0 Å². The molecule has 1 aliphatic heterocycles. The molecule has 0 aromatic rings. The minimum Gasteiger partial charge on any atom is -0.391 e. The van der Waals surface area contributed by atoms with E-state index in [1.807, 2.05) is 0 Å². The Morgan fingerprint density at radius 3 is 2.35 bits per heavy atom. The molecule has 2 fully saturated rings. The molecule has 1 saturated heterocycles. The second-order valence-electron chi connectivity index (χ2n) is 6.32. The Kier molecular flexibility index (Phi) is 4.45. The number of likely N-dealkylation sites (N-methyl/N-ethyl adjacent to an activating group) is 2. The molecule has 3 heteroatoms. The monoisotopic (exact) mass is 240 g/mol. The summed E-state index contributed by atoms with van der Waals surface area (Å²) in [5.74, 6) is 1.40. The van der Waals surface area contributed by atoms with Crippen LogP contribution in [0.15, 0.2) is 0 Å². The lowest BCUT2D eigenvalue weighted by Crippen LogP contribution is -2.56. The summed E-state index contributed by atoms with van der Waals surface area (Å²) in [6.07, 6.45) is 4.91. The lowest BCUT2D eigenvalue weighted by Gasteiger charge is -2.43. The highest BCUT2D eigenvalue weighted by molar-refractivity contribution is 4.89. The molecule has 0 amide bonds. The number of nitrogens with zero attached hydrogens (tertiary/aromatic N) is 2. The van der Waals surface area contributed by atoms with Gasteiger partial charge in [0.25, 0.3) is 0 Å². The van der Waals surface area contributed by atoms with Crippen molar-refractivity contribution in [1.82, 2.24) is 9.80 Å². The van der Waals surface area contributed by atoms with Gasteiger partial charge in [-0.1, -0.05) is 19.8 Å². The first-order valence-corrected chi connectivity index (χ1v) is 7.14. The molecule has 3 nitrogen and oxygen atoms in total. The summed E-state index contributed by atoms with van der Waals surface area (Å²) in [5.41, 5.74) is 0. The number of hydrogen-bond acceptors (Lipinski definition) is 3. The number of hydrogen-bond donors (Lipinski definition) is 1. The van der Waals surface area contributed by atoms with E-state index in [9.17, 15) is 5.11 Å². The first kappa shape index (κ1) is 13.3. The van der Waals surface area contributed by atoms with Crippen LogP contribution >= 0.6 is 0 Å². The van der Waals surface area contributed by atoms with Crippen LogP contribution < -0.4 is 0 Å². The normalized spacial score (nSPS) is 39.2. The molecule has 100 valence electrons. The maximum atomic E-state index is 10.6. The van der Waals surface area contributed by atoms with E-state index >= 15 is 0 Å². The molecule has 2 aliphatic rings. The molecule has 0 bridgehead atoms. The van der Waals surface area contributed by atoms with Crippen LogP contribution in [0.25, 0.3) is 0 Å². The van der Waals surface area contributed by atoms with Gasteiger partial charge in [0.15, 0.2) is 0 Å². The molecule has 1 saturated carbocycles. The van der Waals surface area contributed by atoms with Crippen molar-refractivity contribution in [2.45, 2.75) is 44.8 Å². The fourth-order valence-corrected chi connectivity index (χ4v) is 3.35. The Balaban J connectivity index is 1.91. The largest absolute Gasteiger partial charge is 0.391 e. The van der Waals surface area contributed by atoms with Gasteiger partial charge in [-0.15, -0.1) is 0 Å². The Hall–Kier alpha value is -0.120. The quantitative estimate of drug-likeness (QED) is 0.791. The van der Waals surface area contributed by atoms with Crippen LogP contribution in [-0.4, -0.2) is 60.8 Å². The summed E-state index contributed by atoms with van der Waals surface area (Å²) >= 11 is 0. The second kappa shape index (κ2) is 5.68. The van der Waals surface area contributed by atoms with Crippen molar-refractivity contribution < 1.29 is 5.11 Å². The van der Waals surface area contributed by atoms with E-state index in [1.54, 1.807) is 0 Å². The summed E-state index contributed by atoms with van der Waals surface area (Å²) < 4.78 is 0. The number of aliphatic hydroxyl groups is 1. The summed E-state index contributed by atoms with van der Waals surface area (Å²) in [4.78, 5) is 4.70. The third-order valence-electron chi connectivity index (χ3n) is 4.84. The summed E-state index contributed by atoms with van der Waals surface area (Å²) in [7, 11) is 4.32. The van der Waals surface area contributed by atoms with Crippen molar-refractivity contribution in [2.75, 3.05) is 33.7 Å². The van der Waals surface area contributed by atoms with Crippen molar-refractivity contribution in [1.29, 1.82) is 0 Å². The van der Waals surface area contributed by atoms with E-state index in [-0.39, 0.29) is 6.10 Å². The average molecular weight is 240 g/mol. The van der Waals surface area contributed by atoms with Crippen LogP contribution in [0.1, 0.15) is 32.6 Å². The van der Waals surface area contributed by atoms with Crippen molar-refractivity contribution in [3.8, 4) is 0 Å². The fourth-order valence-electron chi connectivity index (χ4n) is 3.35. The number of aliphatic hydroxyl groups excluding tert-OH is 1. The highest BCUT2D eigenvalue weighted by Crippen LogP contribution is 2.32. The summed E-state index contributed by atoms with van der Waals surface area (Å²) in [6, 6.07) is 0.340. The SMILES string of the molecule is CC1CCC(C(O)C2CN(C)CCN2C)CC1. The zero-order valence-corrected chi connectivity index (χ0v) is 11.6. The van der Waals surface area contributed by atoms with Gasteiger partial charge < -0.3 is 10.0 Å². The van der Waals surface area contributed by atoms with E-state index in [0.717, 1.165) is 25.6 Å². The standard InChI is InChI=1S/C14H28N2O/c1-11-4-6-12(7-5-11)14(17)13-10-15(2)8-9-16(13)3/h11-14,17H,4-10H2,1-3H3. The van der Waals surface area contributed by atoms with Gasteiger partial charge in [0.2, 0.25) is 0 Å². The summed E-state index contributed by atoms with van der Waals surface area (Å²) in [5, 5.41) is 10.6. The fraction of sp³-hybridized carbons (Fsp3) is 1.00. The zero-order chi connectivity index (χ0) is 12.4. The van der Waals surface area contributed by atoms with E-state index in [1.165, 1.54) is 25.7 Å².